The molecule has 3 aliphatic rings. The highest BCUT2D eigenvalue weighted by Gasteiger charge is 2.26. The Bertz CT molecular complexity index is 870. The molecular formula is C24H37N5OS. The second-order valence-electron chi connectivity index (χ2n) is 9.24. The lowest BCUT2D eigenvalue weighted by Gasteiger charge is -2.37. The van der Waals surface area contributed by atoms with Crippen molar-refractivity contribution in [3.05, 3.63) is 16.3 Å². The molecule has 0 unspecified atom stereocenters. The third kappa shape index (κ3) is 4.90. The lowest BCUT2D eigenvalue weighted by atomic mass is 10.1. The van der Waals surface area contributed by atoms with E-state index in [4.69, 9.17) is 14.7 Å². The average molecular weight is 444 g/mol. The van der Waals surface area contributed by atoms with Crippen LogP contribution in [0.3, 0.4) is 0 Å². The molecule has 1 aliphatic carbocycles. The second kappa shape index (κ2) is 10.1. The highest BCUT2D eigenvalue weighted by Crippen LogP contribution is 2.39. The van der Waals surface area contributed by atoms with Crippen molar-refractivity contribution in [2.45, 2.75) is 51.9 Å². The molecular weight excluding hydrogens is 406 g/mol. The standard InChI is InChI=1S/C24H37N5OS/c1-2-6-21-25-23(22-19-7-4-3-5-8-20(19)31-24(22)26-21)29-13-11-27(12-14-29)9-10-28-15-17-30-18-16-28/h2-18H2,1H3. The van der Waals surface area contributed by atoms with E-state index in [9.17, 15) is 0 Å². The van der Waals surface area contributed by atoms with E-state index >= 15 is 0 Å². The maximum Gasteiger partial charge on any atom is 0.141 e. The zero-order valence-electron chi connectivity index (χ0n) is 19.1. The van der Waals surface area contributed by atoms with E-state index in [0.29, 0.717) is 0 Å². The number of anilines is 1. The van der Waals surface area contributed by atoms with Crippen LogP contribution < -0.4 is 4.90 Å². The predicted molar refractivity (Wildman–Crippen MR) is 129 cm³/mol. The molecule has 4 heterocycles. The molecule has 5 rings (SSSR count). The minimum Gasteiger partial charge on any atom is -0.379 e. The van der Waals surface area contributed by atoms with E-state index in [2.05, 4.69) is 21.6 Å². The van der Waals surface area contributed by atoms with Crippen LogP contribution in [0.5, 0.6) is 0 Å². The monoisotopic (exact) mass is 443 g/mol. The fourth-order valence-electron chi connectivity index (χ4n) is 5.21. The molecule has 7 heteroatoms. The van der Waals surface area contributed by atoms with Gasteiger partial charge in [0.05, 0.1) is 18.6 Å². The summed E-state index contributed by atoms with van der Waals surface area (Å²) in [6.45, 7) is 12.9. The van der Waals surface area contributed by atoms with Crippen molar-refractivity contribution in [2.75, 3.05) is 70.5 Å². The molecule has 0 N–H and O–H groups in total. The van der Waals surface area contributed by atoms with E-state index in [1.54, 1.807) is 10.4 Å². The molecule has 0 radical (unpaired) electrons. The van der Waals surface area contributed by atoms with Crippen LogP contribution in [0.4, 0.5) is 5.82 Å². The number of aromatic nitrogens is 2. The number of rotatable bonds is 6. The molecule has 2 saturated heterocycles. The molecule has 0 spiro atoms. The first-order valence-electron chi connectivity index (χ1n) is 12.4. The molecule has 0 atom stereocenters. The molecule has 2 fully saturated rings. The largest absolute Gasteiger partial charge is 0.379 e. The molecule has 6 nitrogen and oxygen atoms in total. The normalized spacial score (nSPS) is 21.4. The minimum atomic E-state index is 0.891. The number of piperazine rings is 1. The Morgan fingerprint density at radius 1 is 0.871 bits per heavy atom. The van der Waals surface area contributed by atoms with E-state index in [1.807, 2.05) is 11.3 Å². The Morgan fingerprint density at radius 2 is 1.61 bits per heavy atom. The molecule has 0 aromatic carbocycles. The fourth-order valence-corrected chi connectivity index (χ4v) is 6.49. The summed E-state index contributed by atoms with van der Waals surface area (Å²) in [5, 5.41) is 1.39. The van der Waals surface area contributed by atoms with Crippen LogP contribution in [-0.2, 0) is 24.0 Å². The quantitative estimate of drug-likeness (QED) is 0.638. The molecule has 2 aromatic rings. The van der Waals surface area contributed by atoms with Gasteiger partial charge in [0.1, 0.15) is 16.5 Å². The van der Waals surface area contributed by atoms with Gasteiger partial charge in [-0.15, -0.1) is 11.3 Å². The van der Waals surface area contributed by atoms with Gasteiger partial charge in [-0.25, -0.2) is 9.97 Å². The number of morpholine rings is 1. The fraction of sp³-hybridized carbons (Fsp3) is 0.750. The van der Waals surface area contributed by atoms with Gasteiger partial charge < -0.3 is 9.64 Å². The van der Waals surface area contributed by atoms with E-state index in [0.717, 1.165) is 71.1 Å². The first-order chi connectivity index (χ1) is 15.3. The van der Waals surface area contributed by atoms with Crippen LogP contribution in [0.1, 0.15) is 48.9 Å². The summed E-state index contributed by atoms with van der Waals surface area (Å²) < 4.78 is 5.48. The zero-order chi connectivity index (χ0) is 21.0. The van der Waals surface area contributed by atoms with Gasteiger partial charge in [-0.2, -0.15) is 0 Å². The summed E-state index contributed by atoms with van der Waals surface area (Å²) in [4.78, 5) is 20.7. The summed E-state index contributed by atoms with van der Waals surface area (Å²) in [5.74, 6) is 2.27. The summed E-state index contributed by atoms with van der Waals surface area (Å²) in [6, 6.07) is 0. The number of aryl methyl sites for hydroxylation is 3. The Kier molecular flexibility index (Phi) is 7.03. The van der Waals surface area contributed by atoms with Crippen molar-refractivity contribution >= 4 is 27.4 Å². The van der Waals surface area contributed by atoms with Gasteiger partial charge in [-0.3, -0.25) is 9.80 Å². The van der Waals surface area contributed by atoms with Crippen LogP contribution in [0.15, 0.2) is 0 Å². The average Bonchev–Trinajstić information content (AvgIpc) is 2.99. The van der Waals surface area contributed by atoms with Gasteiger partial charge in [0.15, 0.2) is 0 Å². The predicted octanol–water partition coefficient (Wildman–Crippen LogP) is 3.37. The first kappa shape index (κ1) is 21.6. The summed E-state index contributed by atoms with van der Waals surface area (Å²) in [6.07, 6.45) is 8.51. The number of ether oxygens (including phenoxy) is 1. The molecule has 0 amide bonds. The summed E-state index contributed by atoms with van der Waals surface area (Å²) in [5.41, 5.74) is 1.57. The third-order valence-electron chi connectivity index (χ3n) is 7.07. The molecule has 170 valence electrons. The van der Waals surface area contributed by atoms with Gasteiger partial charge in [0, 0.05) is 63.7 Å². The maximum absolute atomic E-state index is 5.48. The Labute approximate surface area is 190 Å². The second-order valence-corrected chi connectivity index (χ2v) is 10.3. The van der Waals surface area contributed by atoms with Crippen molar-refractivity contribution in [3.8, 4) is 0 Å². The SMILES string of the molecule is CCCc1nc(N2CCN(CCN3CCOCC3)CC2)c2c3c(sc2n1)CCCCC3. The van der Waals surface area contributed by atoms with E-state index < -0.39 is 0 Å². The molecule has 31 heavy (non-hydrogen) atoms. The van der Waals surface area contributed by atoms with Crippen LogP contribution >= 0.6 is 11.3 Å². The smallest absolute Gasteiger partial charge is 0.141 e. The Hall–Kier alpha value is -1.28. The zero-order valence-corrected chi connectivity index (χ0v) is 19.9. The topological polar surface area (TPSA) is 44.7 Å². The van der Waals surface area contributed by atoms with Gasteiger partial charge in [0.25, 0.3) is 0 Å². The summed E-state index contributed by atoms with van der Waals surface area (Å²) >= 11 is 1.95. The van der Waals surface area contributed by atoms with Gasteiger partial charge in [0.2, 0.25) is 0 Å². The van der Waals surface area contributed by atoms with Crippen molar-refractivity contribution in [1.82, 2.24) is 19.8 Å². The highest BCUT2D eigenvalue weighted by molar-refractivity contribution is 7.19. The van der Waals surface area contributed by atoms with E-state index in [-0.39, 0.29) is 0 Å². The number of hydrogen-bond donors (Lipinski definition) is 0. The van der Waals surface area contributed by atoms with Crippen LogP contribution in [-0.4, -0.2) is 85.3 Å². The maximum atomic E-state index is 5.48. The lowest BCUT2D eigenvalue weighted by Crippen LogP contribution is -2.49. The van der Waals surface area contributed by atoms with Crippen molar-refractivity contribution in [1.29, 1.82) is 0 Å². The van der Waals surface area contributed by atoms with Gasteiger partial charge in [-0.1, -0.05) is 13.3 Å². The van der Waals surface area contributed by atoms with Crippen LogP contribution in [0.2, 0.25) is 0 Å². The lowest BCUT2D eigenvalue weighted by molar-refractivity contribution is 0.0331. The van der Waals surface area contributed by atoms with Gasteiger partial charge >= 0.3 is 0 Å². The van der Waals surface area contributed by atoms with E-state index in [1.165, 1.54) is 61.2 Å². The molecule has 0 bridgehead atoms. The number of fused-ring (bicyclic) bond motifs is 3. The van der Waals surface area contributed by atoms with Crippen LogP contribution in [0.25, 0.3) is 10.2 Å². The highest BCUT2D eigenvalue weighted by atomic mass is 32.1. The molecule has 2 aliphatic heterocycles. The third-order valence-corrected chi connectivity index (χ3v) is 8.26. The number of nitrogens with zero attached hydrogens (tertiary/aromatic N) is 5. The first-order valence-corrected chi connectivity index (χ1v) is 13.2. The van der Waals surface area contributed by atoms with Crippen LogP contribution in [0, 0.1) is 0 Å². The molecule has 0 saturated carbocycles. The Balaban J connectivity index is 1.32. The number of hydrogen-bond acceptors (Lipinski definition) is 7. The molecule has 2 aromatic heterocycles. The van der Waals surface area contributed by atoms with Crippen molar-refractivity contribution in [2.24, 2.45) is 0 Å². The van der Waals surface area contributed by atoms with Crippen molar-refractivity contribution in [3.63, 3.8) is 0 Å². The van der Waals surface area contributed by atoms with Crippen molar-refractivity contribution < 1.29 is 4.74 Å². The van der Waals surface area contributed by atoms with Gasteiger partial charge in [-0.05, 0) is 37.7 Å². The number of thiophene rings is 1. The minimum absolute atomic E-state index is 0.891. The Morgan fingerprint density at radius 3 is 2.39 bits per heavy atom. The summed E-state index contributed by atoms with van der Waals surface area (Å²) in [7, 11) is 0.